The Morgan fingerprint density at radius 1 is 1.15 bits per heavy atom. The number of rotatable bonds is 7. The van der Waals surface area contributed by atoms with Crippen LogP contribution in [0.2, 0.25) is 0 Å². The molecule has 1 aromatic rings. The molecule has 3 fully saturated rings. The number of carboxylic acid groups (broad SMARTS) is 1. The van der Waals surface area contributed by atoms with Gasteiger partial charge in [0, 0.05) is 13.0 Å². The van der Waals surface area contributed by atoms with E-state index in [1.807, 2.05) is 6.07 Å². The molecule has 2 heterocycles. The van der Waals surface area contributed by atoms with Gasteiger partial charge in [0.2, 0.25) is 5.91 Å². The van der Waals surface area contributed by atoms with Crippen LogP contribution in [0.5, 0.6) is 0 Å². The van der Waals surface area contributed by atoms with Gasteiger partial charge in [-0.3, -0.25) is 14.1 Å². The van der Waals surface area contributed by atoms with Crippen LogP contribution in [0.15, 0.2) is 16.4 Å². The maximum atomic E-state index is 12.0. The molecule has 1 aromatic heterocycles. The number of nitrogens with zero attached hydrogens (tertiary/aromatic N) is 6. The molecule has 5 unspecified atom stereocenters. The van der Waals surface area contributed by atoms with Crippen LogP contribution in [-0.4, -0.2) is 91.9 Å². The zero-order valence-electron chi connectivity index (χ0n) is 21.9. The van der Waals surface area contributed by atoms with Crippen molar-refractivity contribution in [1.29, 1.82) is 5.26 Å². The quantitative estimate of drug-likeness (QED) is 0.234. The Morgan fingerprint density at radius 3 is 2.35 bits per heavy atom. The SMILES string of the molecule is CC(=O)NC1CC(N2CCC(C(=O)O)CC2)CCC1N=Nc1c(C#N)cnn1C1C(Cl)CC(S(=O)(=O)O)CC1Cl. The first-order chi connectivity index (χ1) is 18.9. The monoisotopic (exact) mass is 617 g/mol. The molecule has 2 saturated carbocycles. The van der Waals surface area contributed by atoms with Gasteiger partial charge in [0.15, 0.2) is 5.82 Å². The van der Waals surface area contributed by atoms with E-state index >= 15 is 0 Å². The van der Waals surface area contributed by atoms with E-state index in [0.717, 1.165) is 6.42 Å². The van der Waals surface area contributed by atoms with Crippen LogP contribution in [0.1, 0.15) is 63.5 Å². The van der Waals surface area contributed by atoms with Gasteiger partial charge in [0.05, 0.1) is 46.2 Å². The number of alkyl halides is 2. The first-order valence-electron chi connectivity index (χ1n) is 13.3. The number of carbonyl (C=O) groups is 2. The molecule has 0 aromatic carbocycles. The van der Waals surface area contributed by atoms with E-state index in [0.29, 0.717) is 38.8 Å². The molecule has 1 saturated heterocycles. The van der Waals surface area contributed by atoms with Crippen molar-refractivity contribution in [3.05, 3.63) is 11.8 Å². The van der Waals surface area contributed by atoms with Crippen molar-refractivity contribution < 1.29 is 27.7 Å². The fourth-order valence-corrected chi connectivity index (χ4v) is 8.25. The van der Waals surface area contributed by atoms with Gasteiger partial charge in [-0.2, -0.15) is 23.9 Å². The summed E-state index contributed by atoms with van der Waals surface area (Å²) in [5.74, 6) is -1.16. The topological polar surface area (TPSA) is 190 Å². The standard InChI is InChI=1S/C24H33Cl2N7O6S/c1-13(34)29-21-8-16(32-6-4-14(5-7-32)24(35)36)2-3-20(21)30-31-23-15(11-27)12-28-33(23)22-18(25)9-17(10-19(22)26)40(37,38)39/h12,14,16-22H,2-10H2,1H3,(H,29,34)(H,35,36)(H,37,38,39). The number of halogens is 2. The molecule has 1 amide bonds. The summed E-state index contributed by atoms with van der Waals surface area (Å²) in [7, 11) is -4.32. The first-order valence-corrected chi connectivity index (χ1v) is 15.6. The van der Waals surface area contributed by atoms with Crippen molar-refractivity contribution in [3.63, 3.8) is 0 Å². The number of carbonyl (C=O) groups excluding carboxylic acids is 1. The van der Waals surface area contributed by atoms with E-state index < -0.39 is 38.1 Å². The van der Waals surface area contributed by atoms with E-state index in [1.165, 1.54) is 17.8 Å². The minimum atomic E-state index is -4.32. The molecule has 3 N–H and O–H groups in total. The molecule has 0 radical (unpaired) electrons. The molecular weight excluding hydrogens is 585 g/mol. The zero-order chi connectivity index (χ0) is 29.2. The van der Waals surface area contributed by atoms with Crippen molar-refractivity contribution in [2.24, 2.45) is 16.1 Å². The van der Waals surface area contributed by atoms with Crippen molar-refractivity contribution in [2.45, 2.75) is 92.0 Å². The van der Waals surface area contributed by atoms with Gasteiger partial charge in [0.1, 0.15) is 11.6 Å². The minimum Gasteiger partial charge on any atom is -0.481 e. The Morgan fingerprint density at radius 2 is 1.80 bits per heavy atom. The van der Waals surface area contributed by atoms with Crippen LogP contribution in [0.4, 0.5) is 5.82 Å². The fourth-order valence-electron chi connectivity index (χ4n) is 6.06. The molecule has 3 aliphatic rings. The highest BCUT2D eigenvalue weighted by Crippen LogP contribution is 2.41. The first kappa shape index (κ1) is 30.6. The zero-order valence-corrected chi connectivity index (χ0v) is 24.3. The Hall–Kier alpha value is -2.31. The molecular formula is C24H33Cl2N7O6S. The summed E-state index contributed by atoms with van der Waals surface area (Å²) in [6.45, 7) is 2.80. The second-order valence-corrected chi connectivity index (χ2v) is 13.6. The van der Waals surface area contributed by atoms with Crippen molar-refractivity contribution in [1.82, 2.24) is 20.0 Å². The molecule has 1 aliphatic heterocycles. The molecule has 0 spiro atoms. The Kier molecular flexibility index (Phi) is 9.72. The summed E-state index contributed by atoms with van der Waals surface area (Å²) in [6.07, 6.45) is 4.43. The summed E-state index contributed by atoms with van der Waals surface area (Å²) in [6, 6.07) is 0.815. The largest absolute Gasteiger partial charge is 0.481 e. The predicted molar refractivity (Wildman–Crippen MR) is 145 cm³/mol. The lowest BCUT2D eigenvalue weighted by Crippen LogP contribution is -2.52. The van der Waals surface area contributed by atoms with Gasteiger partial charge in [-0.25, -0.2) is 4.68 Å². The maximum Gasteiger partial charge on any atom is 0.306 e. The lowest BCUT2D eigenvalue weighted by molar-refractivity contribution is -0.143. The van der Waals surface area contributed by atoms with E-state index in [4.69, 9.17) is 23.2 Å². The minimum absolute atomic E-state index is 0.0507. The number of hydrogen-bond acceptors (Lipinski definition) is 9. The average Bonchev–Trinajstić information content (AvgIpc) is 3.29. The molecule has 5 atom stereocenters. The second kappa shape index (κ2) is 12.7. The Balaban J connectivity index is 1.51. The number of likely N-dealkylation sites (tertiary alicyclic amines) is 1. The molecule has 0 bridgehead atoms. The number of azo groups is 1. The molecule has 2 aliphatic carbocycles. The number of piperidine rings is 1. The van der Waals surface area contributed by atoms with Crippen molar-refractivity contribution in [3.8, 4) is 6.07 Å². The molecule has 4 rings (SSSR count). The van der Waals surface area contributed by atoms with Gasteiger partial charge in [-0.1, -0.05) is 0 Å². The molecule has 40 heavy (non-hydrogen) atoms. The highest BCUT2D eigenvalue weighted by Gasteiger charge is 2.43. The summed E-state index contributed by atoms with van der Waals surface area (Å²) in [4.78, 5) is 25.6. The third-order valence-corrected chi connectivity index (χ3v) is 10.3. The fraction of sp³-hybridized carbons (Fsp3) is 0.750. The predicted octanol–water partition coefficient (Wildman–Crippen LogP) is 2.87. The van der Waals surface area contributed by atoms with Gasteiger partial charge >= 0.3 is 5.97 Å². The number of hydrogen-bond donors (Lipinski definition) is 3. The highest BCUT2D eigenvalue weighted by molar-refractivity contribution is 7.86. The summed E-state index contributed by atoms with van der Waals surface area (Å²) >= 11 is 13.0. The van der Waals surface area contributed by atoms with E-state index in [2.05, 4.69) is 25.5 Å². The van der Waals surface area contributed by atoms with Crippen molar-refractivity contribution in [2.75, 3.05) is 13.1 Å². The van der Waals surface area contributed by atoms with Crippen LogP contribution in [0.25, 0.3) is 0 Å². The average molecular weight is 619 g/mol. The number of aromatic nitrogens is 2. The van der Waals surface area contributed by atoms with Gasteiger partial charge < -0.3 is 15.3 Å². The lowest BCUT2D eigenvalue weighted by Gasteiger charge is -2.42. The van der Waals surface area contributed by atoms with Crippen LogP contribution in [0, 0.1) is 17.2 Å². The maximum absolute atomic E-state index is 12.0. The third kappa shape index (κ3) is 6.94. The Labute approximate surface area is 242 Å². The number of nitriles is 1. The number of amides is 1. The van der Waals surface area contributed by atoms with Crippen LogP contribution in [-0.2, 0) is 19.7 Å². The summed E-state index contributed by atoms with van der Waals surface area (Å²) < 4.78 is 34.2. The summed E-state index contributed by atoms with van der Waals surface area (Å²) in [5.41, 5.74) is 0.138. The summed E-state index contributed by atoms with van der Waals surface area (Å²) in [5, 5.41) is 32.4. The molecule has 220 valence electrons. The number of carboxylic acids is 1. The van der Waals surface area contributed by atoms with Crippen LogP contribution >= 0.6 is 23.2 Å². The molecule has 16 heteroatoms. The van der Waals surface area contributed by atoms with Gasteiger partial charge in [0.25, 0.3) is 10.1 Å². The Bertz CT molecular complexity index is 1260. The molecule has 13 nitrogen and oxygen atoms in total. The third-order valence-electron chi connectivity index (χ3n) is 8.18. The number of nitrogens with one attached hydrogen (secondary N) is 1. The van der Waals surface area contributed by atoms with Crippen molar-refractivity contribution >= 4 is 51.0 Å². The van der Waals surface area contributed by atoms with Gasteiger partial charge in [-0.15, -0.1) is 28.3 Å². The number of aliphatic carboxylic acids is 1. The van der Waals surface area contributed by atoms with E-state index in [9.17, 15) is 32.9 Å². The van der Waals surface area contributed by atoms with E-state index in [1.54, 1.807) is 0 Å². The van der Waals surface area contributed by atoms with E-state index in [-0.39, 0.29) is 54.2 Å². The van der Waals surface area contributed by atoms with Gasteiger partial charge in [-0.05, 0) is 58.0 Å². The lowest BCUT2D eigenvalue weighted by atomic mass is 9.84. The van der Waals surface area contributed by atoms with Crippen LogP contribution < -0.4 is 5.32 Å². The second-order valence-electron chi connectivity index (χ2n) is 10.8. The smallest absolute Gasteiger partial charge is 0.306 e. The highest BCUT2D eigenvalue weighted by atomic mass is 35.5. The normalized spacial score (nSPS) is 32.5. The van der Waals surface area contributed by atoms with Crippen LogP contribution in [0.3, 0.4) is 0 Å².